The van der Waals surface area contributed by atoms with E-state index in [-0.39, 0.29) is 30.6 Å². The third kappa shape index (κ3) is 7.00. The Morgan fingerprint density at radius 3 is 2.27 bits per heavy atom. The van der Waals surface area contributed by atoms with Crippen LogP contribution in [0.3, 0.4) is 0 Å². The van der Waals surface area contributed by atoms with Gasteiger partial charge in [-0.1, -0.05) is 5.21 Å². The Balaban J connectivity index is 0.833. The van der Waals surface area contributed by atoms with Crippen LogP contribution in [0.2, 0.25) is 0 Å². The zero-order valence-corrected chi connectivity index (χ0v) is 27.6. The number of likely N-dealkylation sites (tertiary alicyclic amines) is 1. The van der Waals surface area contributed by atoms with Crippen LogP contribution in [0.1, 0.15) is 54.9 Å². The van der Waals surface area contributed by atoms with Gasteiger partial charge in [-0.05, 0) is 87.0 Å². The molecule has 4 amide bonds. The van der Waals surface area contributed by atoms with Crippen molar-refractivity contribution < 1.29 is 19.2 Å². The normalized spacial score (nSPS) is 21.1. The van der Waals surface area contributed by atoms with Crippen LogP contribution in [0.5, 0.6) is 0 Å². The number of benzene rings is 2. The highest BCUT2D eigenvalue weighted by Gasteiger charge is 2.37. The maximum absolute atomic E-state index is 13.3. The molecule has 3 N–H and O–H groups in total. The number of hydrogen-bond donors (Lipinski definition) is 2. The van der Waals surface area contributed by atoms with Gasteiger partial charge in [0.05, 0.1) is 11.3 Å². The maximum atomic E-state index is 13.3. The predicted octanol–water partition coefficient (Wildman–Crippen LogP) is 1.15. The Hall–Kier alpha value is -4.85. The average Bonchev–Trinajstić information content (AvgIpc) is 3.09. The van der Waals surface area contributed by atoms with Gasteiger partial charge in [-0.2, -0.15) is 4.68 Å². The Kier molecular flexibility index (Phi) is 9.30. The number of aromatic nitrogens is 3. The lowest BCUT2D eigenvalue weighted by Crippen LogP contribution is -2.55. The molecule has 14 nitrogen and oxygen atoms in total. The fourth-order valence-electron chi connectivity index (χ4n) is 7.57. The number of amides is 4. The van der Waals surface area contributed by atoms with Crippen LogP contribution in [-0.2, 0) is 14.4 Å². The Morgan fingerprint density at radius 1 is 0.857 bits per heavy atom. The van der Waals surface area contributed by atoms with Crippen molar-refractivity contribution in [3.8, 4) is 0 Å². The zero-order chi connectivity index (χ0) is 34.1. The summed E-state index contributed by atoms with van der Waals surface area (Å²) in [5.41, 5.74) is 7.86. The van der Waals surface area contributed by atoms with Crippen molar-refractivity contribution in [2.24, 2.45) is 17.6 Å². The molecule has 258 valence electrons. The van der Waals surface area contributed by atoms with Gasteiger partial charge < -0.3 is 20.4 Å². The van der Waals surface area contributed by atoms with Crippen molar-refractivity contribution in [3.63, 3.8) is 0 Å². The number of carbonyl (C=O) groups is 4. The number of rotatable bonds is 9. The fourth-order valence-corrected chi connectivity index (χ4v) is 7.57. The van der Waals surface area contributed by atoms with Crippen molar-refractivity contribution in [2.45, 2.75) is 44.6 Å². The van der Waals surface area contributed by atoms with Gasteiger partial charge in [-0.15, -0.1) is 5.10 Å². The summed E-state index contributed by atoms with van der Waals surface area (Å²) in [6, 6.07) is 12.0. The molecule has 0 spiro atoms. The molecule has 49 heavy (non-hydrogen) atoms. The summed E-state index contributed by atoms with van der Waals surface area (Å²) in [5, 5.41) is 10.7. The number of piperazine rings is 1. The first-order valence-electron chi connectivity index (χ1n) is 17.4. The van der Waals surface area contributed by atoms with Crippen LogP contribution in [0.25, 0.3) is 10.9 Å². The Labute approximate surface area is 284 Å². The Morgan fingerprint density at radius 2 is 1.57 bits per heavy atom. The van der Waals surface area contributed by atoms with E-state index in [1.54, 1.807) is 24.3 Å². The molecule has 1 unspecified atom stereocenters. The van der Waals surface area contributed by atoms with Crippen molar-refractivity contribution in [1.82, 2.24) is 30.1 Å². The van der Waals surface area contributed by atoms with Crippen LogP contribution in [0.4, 0.5) is 11.4 Å². The van der Waals surface area contributed by atoms with Crippen molar-refractivity contribution in [2.75, 3.05) is 68.7 Å². The van der Waals surface area contributed by atoms with E-state index in [2.05, 4.69) is 30.3 Å². The largest absolute Gasteiger partial charge is 0.370 e. The maximum Gasteiger partial charge on any atom is 0.278 e. The van der Waals surface area contributed by atoms with E-state index < -0.39 is 23.4 Å². The minimum absolute atomic E-state index is 0.0669. The molecule has 0 radical (unpaired) electrons. The summed E-state index contributed by atoms with van der Waals surface area (Å²) in [4.78, 5) is 70.8. The third-order valence-corrected chi connectivity index (χ3v) is 10.7. The summed E-state index contributed by atoms with van der Waals surface area (Å²) in [6.07, 6.45) is 4.78. The molecular formula is C35H43N9O5. The first-order valence-corrected chi connectivity index (χ1v) is 17.4. The van der Waals surface area contributed by atoms with E-state index in [9.17, 15) is 24.0 Å². The molecule has 0 saturated carbocycles. The number of nitrogens with one attached hydrogen (secondary N) is 1. The van der Waals surface area contributed by atoms with Crippen LogP contribution < -0.4 is 26.4 Å². The van der Waals surface area contributed by atoms with E-state index in [1.807, 2.05) is 23.1 Å². The van der Waals surface area contributed by atoms with E-state index in [0.717, 1.165) is 74.7 Å². The summed E-state index contributed by atoms with van der Waals surface area (Å²) in [7, 11) is 0. The van der Waals surface area contributed by atoms with Gasteiger partial charge in [0.2, 0.25) is 17.7 Å². The third-order valence-electron chi connectivity index (χ3n) is 10.7. The molecule has 2 aromatic carbocycles. The second-order valence-corrected chi connectivity index (χ2v) is 13.8. The molecule has 7 rings (SSSR count). The molecule has 1 aromatic heterocycles. The average molecular weight is 670 g/mol. The first kappa shape index (κ1) is 32.7. The van der Waals surface area contributed by atoms with E-state index in [4.69, 9.17) is 5.73 Å². The van der Waals surface area contributed by atoms with Crippen LogP contribution in [-0.4, -0.2) is 107 Å². The number of primary amides is 1. The number of nitrogens with zero attached hydrogens (tertiary/aromatic N) is 7. The van der Waals surface area contributed by atoms with Gasteiger partial charge in [-0.3, -0.25) is 34.2 Å². The summed E-state index contributed by atoms with van der Waals surface area (Å²) in [6.45, 7) is 7.88. The summed E-state index contributed by atoms with van der Waals surface area (Å²) < 4.78 is 1.07. The van der Waals surface area contributed by atoms with Crippen LogP contribution in [0, 0.1) is 11.8 Å². The molecule has 1 atom stereocenters. The highest BCUT2D eigenvalue weighted by atomic mass is 16.2. The van der Waals surface area contributed by atoms with E-state index >= 15 is 0 Å². The van der Waals surface area contributed by atoms with Gasteiger partial charge in [0, 0.05) is 75.7 Å². The van der Waals surface area contributed by atoms with Gasteiger partial charge in [0.15, 0.2) is 0 Å². The lowest BCUT2D eigenvalue weighted by Gasteiger charge is -2.43. The van der Waals surface area contributed by atoms with Crippen LogP contribution in [0.15, 0.2) is 47.3 Å². The molecule has 4 aliphatic heterocycles. The molecule has 14 heteroatoms. The van der Waals surface area contributed by atoms with Gasteiger partial charge >= 0.3 is 0 Å². The van der Waals surface area contributed by atoms with Crippen molar-refractivity contribution in [1.29, 1.82) is 0 Å². The molecule has 3 aromatic rings. The topological polar surface area (TPSA) is 167 Å². The zero-order valence-electron chi connectivity index (χ0n) is 27.6. The smallest absolute Gasteiger partial charge is 0.278 e. The minimum atomic E-state index is -0.870. The van der Waals surface area contributed by atoms with Crippen LogP contribution >= 0.6 is 0 Å². The molecule has 5 heterocycles. The number of hydrogen-bond acceptors (Lipinski definition) is 10. The number of carbonyl (C=O) groups excluding carboxylic acids is 4. The number of piperidine rings is 2. The number of anilines is 2. The van der Waals surface area contributed by atoms with Gasteiger partial charge in [0.25, 0.3) is 11.5 Å². The summed E-state index contributed by atoms with van der Waals surface area (Å²) in [5.74, 6) is -0.513. The quantitative estimate of drug-likeness (QED) is 0.316. The van der Waals surface area contributed by atoms with Gasteiger partial charge in [-0.25, -0.2) is 0 Å². The van der Waals surface area contributed by atoms with E-state index in [0.29, 0.717) is 35.5 Å². The number of imide groups is 1. The molecular weight excluding hydrogens is 626 g/mol. The number of fused-ring (bicyclic) bond motifs is 1. The highest BCUT2D eigenvalue weighted by molar-refractivity contribution is 5.99. The molecule has 4 saturated heterocycles. The van der Waals surface area contributed by atoms with Crippen molar-refractivity contribution in [3.05, 3.63) is 58.4 Å². The second kappa shape index (κ2) is 13.9. The molecule has 0 aliphatic carbocycles. The lowest BCUT2D eigenvalue weighted by molar-refractivity contribution is -0.138. The number of nitrogens with two attached hydrogens (primary N) is 1. The SMILES string of the molecule is NC(=O)c1ccc(N2CCN(CCCC3CCN(C(=O)C4CN(c5ccc6nnn(C7CCC(=O)NC7=O)c(=O)c6c5)C4)CC3)CC2)cc1. The van der Waals surface area contributed by atoms with E-state index in [1.165, 1.54) is 12.8 Å². The molecule has 4 aliphatic rings. The Bertz CT molecular complexity index is 1790. The summed E-state index contributed by atoms with van der Waals surface area (Å²) >= 11 is 0. The highest BCUT2D eigenvalue weighted by Crippen LogP contribution is 2.30. The minimum Gasteiger partial charge on any atom is -0.370 e. The second-order valence-electron chi connectivity index (χ2n) is 13.8. The van der Waals surface area contributed by atoms with Crippen molar-refractivity contribution >= 4 is 45.9 Å². The molecule has 4 fully saturated rings. The first-order chi connectivity index (χ1) is 23.7. The standard InChI is InChI=1S/C35H43N9O5/c36-32(46)24-3-5-26(6-4-24)41-18-16-40(17-19-41)13-1-2-23-11-14-42(15-12-23)34(48)25-21-43(22-25)27-7-8-29-28(20-27)35(49)44(39-38-29)30-9-10-31(45)37-33(30)47/h3-8,20,23,25,30H,1-2,9-19,21-22H2,(H2,36,46)(H,37,45,47). The molecule has 0 bridgehead atoms. The monoisotopic (exact) mass is 669 g/mol. The predicted molar refractivity (Wildman–Crippen MR) is 183 cm³/mol. The van der Waals surface area contributed by atoms with Gasteiger partial charge in [0.1, 0.15) is 11.6 Å². The lowest BCUT2D eigenvalue weighted by atomic mass is 9.90. The fraction of sp³-hybridized carbons (Fsp3) is 0.514.